The summed E-state index contributed by atoms with van der Waals surface area (Å²) in [4.78, 5) is 21.5. The number of nitrogens with two attached hydrogens (primary N) is 1. The van der Waals surface area contributed by atoms with Crippen molar-refractivity contribution in [1.82, 2.24) is 14.8 Å². The van der Waals surface area contributed by atoms with Crippen molar-refractivity contribution < 1.29 is 4.79 Å². The molecule has 0 aliphatic rings. The van der Waals surface area contributed by atoms with E-state index >= 15 is 0 Å². The number of rotatable bonds is 4. The number of aromatic nitrogens is 1. The van der Waals surface area contributed by atoms with Crippen LogP contribution in [0.15, 0.2) is 18.3 Å². The Morgan fingerprint density at radius 2 is 1.89 bits per heavy atom. The maximum Gasteiger partial charge on any atom is 0.325 e. The number of nitrogen functional groups attached to an aromatic ring is 1. The molecule has 0 saturated carbocycles. The van der Waals surface area contributed by atoms with Crippen LogP contribution < -0.4 is 10.6 Å². The van der Waals surface area contributed by atoms with Gasteiger partial charge in [-0.25, -0.2) is 9.78 Å². The number of likely N-dealkylation sites (N-methyl/N-ethyl adjacent to an activating group) is 1. The fourth-order valence-corrected chi connectivity index (χ4v) is 1.41. The molecular formula is C12H21N5O. The summed E-state index contributed by atoms with van der Waals surface area (Å²) in [5.74, 6) is 0.616. The molecular weight excluding hydrogens is 230 g/mol. The number of nitrogens with zero attached hydrogens (tertiary/aromatic N) is 4. The number of pyridine rings is 1. The highest BCUT2D eigenvalue weighted by atomic mass is 16.2. The zero-order valence-electron chi connectivity index (χ0n) is 11.4. The molecule has 6 heteroatoms. The Morgan fingerprint density at radius 1 is 1.22 bits per heavy atom. The highest BCUT2D eigenvalue weighted by Crippen LogP contribution is 2.13. The molecule has 0 bridgehead atoms. The molecule has 0 unspecified atom stereocenters. The Kier molecular flexibility index (Phi) is 4.91. The second kappa shape index (κ2) is 6.20. The van der Waals surface area contributed by atoms with Gasteiger partial charge in [0.2, 0.25) is 0 Å². The van der Waals surface area contributed by atoms with Crippen molar-refractivity contribution in [2.24, 2.45) is 0 Å². The van der Waals surface area contributed by atoms with Crippen LogP contribution in [-0.2, 0) is 0 Å². The lowest BCUT2D eigenvalue weighted by molar-refractivity contribution is 0.222. The van der Waals surface area contributed by atoms with Crippen molar-refractivity contribution in [1.29, 1.82) is 0 Å². The zero-order valence-corrected chi connectivity index (χ0v) is 11.4. The van der Waals surface area contributed by atoms with Gasteiger partial charge in [0.25, 0.3) is 0 Å². The summed E-state index contributed by atoms with van der Waals surface area (Å²) in [6.07, 6.45) is 1.56. The average molecular weight is 251 g/mol. The standard InChI is InChI=1S/C12H21N5O/c1-15(2)7-8-17(12(18)16(3)4)11-6-5-10(13)9-14-11/h5-6,9H,7-8,13H2,1-4H3. The summed E-state index contributed by atoms with van der Waals surface area (Å²) < 4.78 is 0. The largest absolute Gasteiger partial charge is 0.397 e. The Bertz CT molecular complexity index is 388. The minimum atomic E-state index is -0.0888. The van der Waals surface area contributed by atoms with Gasteiger partial charge in [0.1, 0.15) is 5.82 Å². The van der Waals surface area contributed by atoms with Crippen LogP contribution in [0.3, 0.4) is 0 Å². The summed E-state index contributed by atoms with van der Waals surface area (Å²) >= 11 is 0. The van der Waals surface area contributed by atoms with Gasteiger partial charge >= 0.3 is 6.03 Å². The predicted molar refractivity (Wildman–Crippen MR) is 73.6 cm³/mol. The van der Waals surface area contributed by atoms with Crippen molar-refractivity contribution in [3.05, 3.63) is 18.3 Å². The summed E-state index contributed by atoms with van der Waals surface area (Å²) in [5, 5.41) is 0. The van der Waals surface area contributed by atoms with Crippen LogP contribution in [0.5, 0.6) is 0 Å². The van der Waals surface area contributed by atoms with Gasteiger partial charge in [-0.2, -0.15) is 0 Å². The van der Waals surface area contributed by atoms with Gasteiger partial charge in [-0.3, -0.25) is 4.90 Å². The monoisotopic (exact) mass is 251 g/mol. The third-order valence-electron chi connectivity index (χ3n) is 2.43. The molecule has 1 rings (SSSR count). The van der Waals surface area contributed by atoms with Crippen LogP contribution in [0, 0.1) is 0 Å². The molecule has 1 heterocycles. The summed E-state index contributed by atoms with van der Waals surface area (Å²) in [5.41, 5.74) is 6.19. The van der Waals surface area contributed by atoms with Crippen LogP contribution in [0.2, 0.25) is 0 Å². The number of carbonyl (C=O) groups is 1. The molecule has 2 N–H and O–H groups in total. The van der Waals surface area contributed by atoms with Crippen molar-refractivity contribution in [2.75, 3.05) is 51.9 Å². The molecule has 1 aromatic rings. The summed E-state index contributed by atoms with van der Waals surface area (Å²) in [7, 11) is 7.38. The first kappa shape index (κ1) is 14.2. The minimum Gasteiger partial charge on any atom is -0.397 e. The maximum atomic E-state index is 12.1. The lowest BCUT2D eigenvalue weighted by Gasteiger charge is -2.26. The number of amides is 2. The van der Waals surface area contributed by atoms with Gasteiger partial charge in [0.15, 0.2) is 0 Å². The van der Waals surface area contributed by atoms with E-state index in [1.165, 1.54) is 4.90 Å². The van der Waals surface area contributed by atoms with E-state index in [0.717, 1.165) is 6.54 Å². The molecule has 18 heavy (non-hydrogen) atoms. The fraction of sp³-hybridized carbons (Fsp3) is 0.500. The van der Waals surface area contributed by atoms with E-state index in [-0.39, 0.29) is 6.03 Å². The molecule has 0 atom stereocenters. The molecule has 6 nitrogen and oxygen atoms in total. The first-order valence-corrected chi connectivity index (χ1v) is 5.77. The van der Waals surface area contributed by atoms with E-state index in [1.54, 1.807) is 37.3 Å². The average Bonchev–Trinajstić information content (AvgIpc) is 2.30. The van der Waals surface area contributed by atoms with Crippen LogP contribution in [0.4, 0.5) is 16.3 Å². The number of hydrogen-bond acceptors (Lipinski definition) is 4. The molecule has 100 valence electrons. The number of urea groups is 1. The van der Waals surface area contributed by atoms with Crippen molar-refractivity contribution >= 4 is 17.5 Å². The van der Waals surface area contributed by atoms with Gasteiger partial charge in [0, 0.05) is 27.2 Å². The van der Waals surface area contributed by atoms with E-state index in [4.69, 9.17) is 5.73 Å². The first-order valence-electron chi connectivity index (χ1n) is 5.77. The molecule has 1 aromatic heterocycles. The Balaban J connectivity index is 2.89. The quantitative estimate of drug-likeness (QED) is 0.856. The molecule has 0 spiro atoms. The topological polar surface area (TPSA) is 65.7 Å². The van der Waals surface area contributed by atoms with Gasteiger partial charge in [-0.05, 0) is 26.2 Å². The van der Waals surface area contributed by atoms with Crippen LogP contribution in [-0.4, -0.2) is 62.1 Å². The third kappa shape index (κ3) is 3.89. The lowest BCUT2D eigenvalue weighted by atomic mass is 10.4. The van der Waals surface area contributed by atoms with Crippen LogP contribution in [0.1, 0.15) is 0 Å². The number of anilines is 2. The van der Waals surface area contributed by atoms with E-state index in [9.17, 15) is 4.79 Å². The summed E-state index contributed by atoms with van der Waals surface area (Å²) in [6, 6.07) is 3.41. The van der Waals surface area contributed by atoms with Crippen molar-refractivity contribution in [3.8, 4) is 0 Å². The molecule has 0 saturated heterocycles. The summed E-state index contributed by atoms with van der Waals surface area (Å²) in [6.45, 7) is 1.35. The van der Waals surface area contributed by atoms with E-state index in [0.29, 0.717) is 18.1 Å². The molecule has 0 aliphatic carbocycles. The first-order chi connectivity index (χ1) is 8.41. The lowest BCUT2D eigenvalue weighted by Crippen LogP contribution is -2.43. The van der Waals surface area contributed by atoms with Crippen molar-refractivity contribution in [2.45, 2.75) is 0 Å². The molecule has 0 fully saturated rings. The van der Waals surface area contributed by atoms with Gasteiger partial charge < -0.3 is 15.5 Å². The van der Waals surface area contributed by atoms with Crippen LogP contribution >= 0.6 is 0 Å². The van der Waals surface area contributed by atoms with Crippen molar-refractivity contribution in [3.63, 3.8) is 0 Å². The minimum absolute atomic E-state index is 0.0888. The van der Waals surface area contributed by atoms with Gasteiger partial charge in [-0.15, -0.1) is 0 Å². The Hall–Kier alpha value is -1.82. The number of carbonyl (C=O) groups excluding carboxylic acids is 1. The smallest absolute Gasteiger partial charge is 0.325 e. The second-order valence-corrected chi connectivity index (χ2v) is 4.58. The zero-order chi connectivity index (χ0) is 13.7. The van der Waals surface area contributed by atoms with E-state index in [1.807, 2.05) is 19.0 Å². The van der Waals surface area contributed by atoms with Crippen LogP contribution in [0.25, 0.3) is 0 Å². The Morgan fingerprint density at radius 3 is 2.33 bits per heavy atom. The van der Waals surface area contributed by atoms with Gasteiger partial charge in [0.05, 0.1) is 11.9 Å². The third-order valence-corrected chi connectivity index (χ3v) is 2.43. The fourth-order valence-electron chi connectivity index (χ4n) is 1.41. The van der Waals surface area contributed by atoms with E-state index < -0.39 is 0 Å². The number of hydrogen-bond donors (Lipinski definition) is 1. The Labute approximate surface area is 108 Å². The highest BCUT2D eigenvalue weighted by molar-refractivity contribution is 5.90. The van der Waals surface area contributed by atoms with E-state index in [2.05, 4.69) is 4.98 Å². The highest BCUT2D eigenvalue weighted by Gasteiger charge is 2.18. The van der Waals surface area contributed by atoms with Gasteiger partial charge in [-0.1, -0.05) is 0 Å². The maximum absolute atomic E-state index is 12.1. The predicted octanol–water partition coefficient (Wildman–Crippen LogP) is 0.713. The second-order valence-electron chi connectivity index (χ2n) is 4.58. The molecule has 2 amide bonds. The molecule has 0 radical (unpaired) electrons. The molecule has 0 aromatic carbocycles. The normalized spacial score (nSPS) is 10.5. The molecule has 0 aliphatic heterocycles. The SMILES string of the molecule is CN(C)CCN(C(=O)N(C)C)c1ccc(N)cn1.